The van der Waals surface area contributed by atoms with Crippen LogP contribution >= 0.6 is 0 Å². The van der Waals surface area contributed by atoms with E-state index in [4.69, 9.17) is 9.47 Å². The normalized spacial score (nSPS) is 18.2. The molecule has 0 N–H and O–H groups in total. The summed E-state index contributed by atoms with van der Waals surface area (Å²) >= 11 is 0. The Kier molecular flexibility index (Phi) is 7.89. The zero-order valence-corrected chi connectivity index (χ0v) is 20.5. The zero-order valence-electron chi connectivity index (χ0n) is 20.5. The fourth-order valence-corrected chi connectivity index (χ4v) is 4.11. The first kappa shape index (κ1) is 25.2. The molecule has 36 heavy (non-hydrogen) atoms. The molecular formula is C25H29FN6O4. The molecule has 11 heteroatoms. The van der Waals surface area contributed by atoms with E-state index in [-0.39, 0.29) is 54.5 Å². The van der Waals surface area contributed by atoms with Crippen LogP contribution in [0.25, 0.3) is 0 Å². The SMILES string of the molecule is CCC(=O)n1nnnc1Oc1ccccc1OCC(=O)N1CC(C)N(Cc2ccc(F)cc2)CC1C. The van der Waals surface area contributed by atoms with Crippen molar-refractivity contribution in [1.82, 2.24) is 30.0 Å². The van der Waals surface area contributed by atoms with E-state index in [9.17, 15) is 14.0 Å². The fourth-order valence-electron chi connectivity index (χ4n) is 4.11. The number of hydrogen-bond acceptors (Lipinski definition) is 8. The highest BCUT2D eigenvalue weighted by Gasteiger charge is 2.32. The number of aromatic nitrogens is 4. The number of carbonyl (C=O) groups excluding carboxylic acids is 2. The molecule has 190 valence electrons. The average molecular weight is 497 g/mol. The highest BCUT2D eigenvalue weighted by molar-refractivity contribution is 5.79. The van der Waals surface area contributed by atoms with Crippen molar-refractivity contribution in [2.24, 2.45) is 0 Å². The molecule has 1 saturated heterocycles. The van der Waals surface area contributed by atoms with Gasteiger partial charge in [0.2, 0.25) is 0 Å². The topological polar surface area (TPSA) is 103 Å². The van der Waals surface area contributed by atoms with Gasteiger partial charge < -0.3 is 14.4 Å². The number of amides is 1. The number of tetrazole rings is 1. The second kappa shape index (κ2) is 11.3. The molecule has 0 saturated carbocycles. The number of rotatable bonds is 8. The molecule has 0 aliphatic carbocycles. The minimum atomic E-state index is -0.315. The lowest BCUT2D eigenvalue weighted by Crippen LogP contribution is -2.58. The Balaban J connectivity index is 1.36. The standard InChI is InChI=1S/C25H29FN6O4/c1-4-23(33)32-25(27-28-29-32)36-22-8-6-5-7-21(22)35-16-24(34)31-14-17(2)30(13-18(31)3)15-19-9-11-20(26)12-10-19/h5-12,17-18H,4,13-16H2,1-3H3. The Morgan fingerprint density at radius 1 is 1.00 bits per heavy atom. The summed E-state index contributed by atoms with van der Waals surface area (Å²) in [6.07, 6.45) is 0.210. The molecular weight excluding hydrogens is 467 g/mol. The number of hydrogen-bond donors (Lipinski definition) is 0. The number of para-hydroxylation sites is 2. The van der Waals surface area contributed by atoms with Gasteiger partial charge in [-0.2, -0.15) is 0 Å². The van der Waals surface area contributed by atoms with E-state index in [0.29, 0.717) is 25.4 Å². The number of halogens is 1. The maximum Gasteiger partial charge on any atom is 0.348 e. The number of carbonyl (C=O) groups is 2. The summed E-state index contributed by atoms with van der Waals surface area (Å²) in [7, 11) is 0. The van der Waals surface area contributed by atoms with Gasteiger partial charge in [0.15, 0.2) is 18.1 Å². The lowest BCUT2D eigenvalue weighted by molar-refractivity contribution is -0.139. The Morgan fingerprint density at radius 2 is 1.72 bits per heavy atom. The highest BCUT2D eigenvalue weighted by Crippen LogP contribution is 2.30. The molecule has 2 heterocycles. The molecule has 0 radical (unpaired) electrons. The fraction of sp³-hybridized carbons (Fsp3) is 0.400. The minimum absolute atomic E-state index is 0.0195. The molecule has 0 spiro atoms. The van der Waals surface area contributed by atoms with Crippen LogP contribution in [0.1, 0.15) is 37.6 Å². The smallest absolute Gasteiger partial charge is 0.348 e. The summed E-state index contributed by atoms with van der Waals surface area (Å²) in [6.45, 7) is 7.53. The van der Waals surface area contributed by atoms with Gasteiger partial charge in [0.1, 0.15) is 5.82 Å². The first-order valence-electron chi connectivity index (χ1n) is 11.8. The van der Waals surface area contributed by atoms with Gasteiger partial charge in [0, 0.05) is 38.1 Å². The summed E-state index contributed by atoms with van der Waals surface area (Å²) in [5.41, 5.74) is 1.03. The molecule has 1 amide bonds. The van der Waals surface area contributed by atoms with E-state index in [0.717, 1.165) is 10.2 Å². The van der Waals surface area contributed by atoms with Crippen molar-refractivity contribution in [3.63, 3.8) is 0 Å². The summed E-state index contributed by atoms with van der Waals surface area (Å²) < 4.78 is 25.7. The lowest BCUT2D eigenvalue weighted by atomic mass is 10.1. The number of piperazine rings is 1. The molecule has 10 nitrogen and oxygen atoms in total. The molecule has 2 atom stereocenters. The Morgan fingerprint density at radius 3 is 2.44 bits per heavy atom. The van der Waals surface area contributed by atoms with E-state index in [1.54, 1.807) is 43.3 Å². The highest BCUT2D eigenvalue weighted by atomic mass is 19.1. The first-order valence-corrected chi connectivity index (χ1v) is 11.8. The third kappa shape index (κ3) is 5.85. The van der Waals surface area contributed by atoms with Crippen LogP contribution in [0.15, 0.2) is 48.5 Å². The van der Waals surface area contributed by atoms with Crippen LogP contribution in [-0.2, 0) is 11.3 Å². The molecule has 4 rings (SSSR count). The third-order valence-electron chi connectivity index (χ3n) is 6.12. The zero-order chi connectivity index (χ0) is 25.7. The number of nitrogens with zero attached hydrogens (tertiary/aromatic N) is 6. The molecule has 1 fully saturated rings. The minimum Gasteiger partial charge on any atom is -0.480 e. The Hall–Kier alpha value is -3.86. The molecule has 1 aliphatic heterocycles. The van der Waals surface area contributed by atoms with Gasteiger partial charge in [-0.25, -0.2) is 4.39 Å². The second-order valence-electron chi connectivity index (χ2n) is 8.76. The van der Waals surface area contributed by atoms with E-state index >= 15 is 0 Å². The van der Waals surface area contributed by atoms with Crippen LogP contribution in [0.4, 0.5) is 4.39 Å². The average Bonchev–Trinajstić information content (AvgIpc) is 3.34. The summed E-state index contributed by atoms with van der Waals surface area (Å²) in [5.74, 6) is -0.0897. The van der Waals surface area contributed by atoms with Crippen LogP contribution < -0.4 is 9.47 Å². The third-order valence-corrected chi connectivity index (χ3v) is 6.12. The quantitative estimate of drug-likeness (QED) is 0.438. The van der Waals surface area contributed by atoms with E-state index in [1.165, 1.54) is 12.1 Å². The van der Waals surface area contributed by atoms with Gasteiger partial charge in [-0.1, -0.05) is 36.3 Å². The molecule has 2 aromatic carbocycles. The first-order chi connectivity index (χ1) is 17.4. The van der Waals surface area contributed by atoms with Gasteiger partial charge in [-0.05, 0) is 54.1 Å². The molecule has 0 bridgehead atoms. The van der Waals surface area contributed by atoms with Crippen molar-refractivity contribution in [2.45, 2.75) is 45.8 Å². The van der Waals surface area contributed by atoms with Crippen molar-refractivity contribution in [3.05, 3.63) is 59.9 Å². The van der Waals surface area contributed by atoms with Crippen molar-refractivity contribution >= 4 is 11.8 Å². The van der Waals surface area contributed by atoms with Crippen LogP contribution in [-0.4, -0.2) is 73.6 Å². The predicted octanol–water partition coefficient (Wildman–Crippen LogP) is 3.15. The maximum atomic E-state index is 13.2. The van der Waals surface area contributed by atoms with Crippen molar-refractivity contribution in [2.75, 3.05) is 19.7 Å². The summed E-state index contributed by atoms with van der Waals surface area (Å²) in [4.78, 5) is 29.2. The van der Waals surface area contributed by atoms with Gasteiger partial charge in [0.25, 0.3) is 11.8 Å². The number of ether oxygens (including phenoxy) is 2. The van der Waals surface area contributed by atoms with E-state index < -0.39 is 0 Å². The van der Waals surface area contributed by atoms with Crippen LogP contribution in [0, 0.1) is 5.82 Å². The van der Waals surface area contributed by atoms with Gasteiger partial charge in [-0.15, -0.1) is 4.68 Å². The predicted molar refractivity (Wildman–Crippen MR) is 128 cm³/mol. The van der Waals surface area contributed by atoms with Crippen molar-refractivity contribution in [3.8, 4) is 17.5 Å². The monoisotopic (exact) mass is 496 g/mol. The van der Waals surface area contributed by atoms with Gasteiger partial charge >= 0.3 is 6.01 Å². The van der Waals surface area contributed by atoms with E-state index in [2.05, 4.69) is 27.3 Å². The van der Waals surface area contributed by atoms with Crippen molar-refractivity contribution < 1.29 is 23.5 Å². The Bertz CT molecular complexity index is 1200. The maximum absolute atomic E-state index is 13.2. The summed E-state index contributed by atoms with van der Waals surface area (Å²) in [6, 6.07) is 13.3. The molecule has 1 aromatic heterocycles. The largest absolute Gasteiger partial charge is 0.480 e. The van der Waals surface area contributed by atoms with Crippen molar-refractivity contribution in [1.29, 1.82) is 0 Å². The van der Waals surface area contributed by atoms with Crippen LogP contribution in [0.5, 0.6) is 17.5 Å². The van der Waals surface area contributed by atoms with Gasteiger partial charge in [-0.3, -0.25) is 14.5 Å². The second-order valence-corrected chi connectivity index (χ2v) is 8.76. The summed E-state index contributed by atoms with van der Waals surface area (Å²) in [5, 5.41) is 10.9. The molecule has 1 aliphatic rings. The Labute approximate surface area is 208 Å². The lowest BCUT2D eigenvalue weighted by Gasteiger charge is -2.44. The van der Waals surface area contributed by atoms with Crippen LogP contribution in [0.3, 0.4) is 0 Å². The number of benzene rings is 2. The van der Waals surface area contributed by atoms with E-state index in [1.807, 2.05) is 11.8 Å². The molecule has 2 unspecified atom stereocenters. The van der Waals surface area contributed by atoms with Gasteiger partial charge in [0.05, 0.1) is 0 Å². The van der Waals surface area contributed by atoms with Crippen LogP contribution in [0.2, 0.25) is 0 Å². The molecule has 3 aromatic rings.